The summed E-state index contributed by atoms with van der Waals surface area (Å²) in [7, 11) is 1.83. The Balaban J connectivity index is 1.28. The van der Waals surface area contributed by atoms with Crippen molar-refractivity contribution in [3.8, 4) is 0 Å². The van der Waals surface area contributed by atoms with E-state index in [0.717, 1.165) is 42.1 Å². The molecule has 0 bridgehead atoms. The monoisotopic (exact) mass is 423 g/mol. The van der Waals surface area contributed by atoms with Crippen LogP contribution in [0.25, 0.3) is 5.70 Å². The number of amides is 1. The van der Waals surface area contributed by atoms with Gasteiger partial charge in [0.2, 0.25) is 5.91 Å². The molecule has 2 aliphatic heterocycles. The third-order valence-corrected chi connectivity index (χ3v) is 7.39. The number of alkyl halides is 3. The topological polar surface area (TPSA) is 63.7 Å². The Morgan fingerprint density at radius 2 is 2.00 bits per heavy atom. The minimum Gasteiger partial charge on any atom is -0.353 e. The molecule has 0 aromatic carbocycles. The number of H-pyrrole nitrogens is 1. The molecular formula is C21H28F3N5O. The molecule has 164 valence electrons. The van der Waals surface area contributed by atoms with Gasteiger partial charge in [-0.05, 0) is 57.1 Å². The number of aromatic nitrogens is 1. The van der Waals surface area contributed by atoms with Gasteiger partial charge in [0.05, 0.1) is 19.1 Å². The molecule has 1 atom stereocenters. The molecule has 3 fully saturated rings. The molecule has 1 saturated heterocycles. The zero-order chi connectivity index (χ0) is 21.1. The zero-order valence-corrected chi connectivity index (χ0v) is 17.1. The summed E-state index contributed by atoms with van der Waals surface area (Å²) in [5.74, 6) is 0.139. The molecule has 1 aromatic heterocycles. The molecule has 1 amide bonds. The lowest BCUT2D eigenvalue weighted by molar-refractivity contribution is -0.166. The van der Waals surface area contributed by atoms with Crippen LogP contribution in [-0.4, -0.2) is 65.3 Å². The van der Waals surface area contributed by atoms with Crippen LogP contribution in [0.3, 0.4) is 0 Å². The van der Waals surface area contributed by atoms with E-state index in [4.69, 9.17) is 0 Å². The first-order chi connectivity index (χ1) is 14.3. The van der Waals surface area contributed by atoms with E-state index in [9.17, 15) is 18.0 Å². The van der Waals surface area contributed by atoms with Crippen molar-refractivity contribution in [2.75, 3.05) is 26.8 Å². The van der Waals surface area contributed by atoms with E-state index < -0.39 is 11.7 Å². The smallest absolute Gasteiger partial charge is 0.353 e. The molecule has 5 rings (SSSR count). The van der Waals surface area contributed by atoms with Gasteiger partial charge in [-0.25, -0.2) is 0 Å². The van der Waals surface area contributed by atoms with Gasteiger partial charge in [-0.1, -0.05) is 0 Å². The summed E-state index contributed by atoms with van der Waals surface area (Å²) >= 11 is 0. The molecule has 0 radical (unpaired) electrons. The Hall–Kier alpha value is -2.03. The number of halogens is 3. The standard InChI is InChI=1S/C21H28F3N5O/c1-28-12-29(17-15-6-9-25-18(15)26-11-16(17)19(28)30)14-4-2-13(3-5-14)10-27-20(7-8-20)21(22,23)24/h6,9,13-14,16,27H,2-5,7-8,10-12H2,1H3,(H,25,26)/t13-,14-,16?. The second-order valence-corrected chi connectivity index (χ2v) is 9.30. The Labute approximate surface area is 173 Å². The van der Waals surface area contributed by atoms with Crippen LogP contribution >= 0.6 is 0 Å². The summed E-state index contributed by atoms with van der Waals surface area (Å²) in [6, 6.07) is 2.29. The molecule has 2 N–H and O–H groups in total. The molecule has 1 unspecified atom stereocenters. The molecule has 2 aliphatic carbocycles. The maximum absolute atomic E-state index is 13.2. The van der Waals surface area contributed by atoms with Crippen LogP contribution in [0.15, 0.2) is 17.3 Å². The van der Waals surface area contributed by atoms with Crippen LogP contribution in [0.4, 0.5) is 13.2 Å². The number of hydrogen-bond acceptors (Lipinski definition) is 4. The van der Waals surface area contributed by atoms with Crippen molar-refractivity contribution >= 4 is 11.6 Å². The number of carbonyl (C=O) groups is 1. The fourth-order valence-corrected chi connectivity index (χ4v) is 5.34. The molecule has 9 heteroatoms. The van der Waals surface area contributed by atoms with E-state index in [2.05, 4.69) is 20.2 Å². The van der Waals surface area contributed by atoms with Crippen molar-refractivity contribution in [3.63, 3.8) is 0 Å². The maximum atomic E-state index is 13.2. The SMILES string of the molecule is CN1CN([C@H]2CC[C@H](CNC3(C(F)(F)F)CC3)CC2)C2=c3cc[nH]c3=NCC2C1=O. The average molecular weight is 423 g/mol. The zero-order valence-electron chi connectivity index (χ0n) is 17.1. The third kappa shape index (κ3) is 3.21. The number of nitrogens with one attached hydrogen (secondary N) is 2. The highest BCUT2D eigenvalue weighted by Gasteiger charge is 2.63. The lowest BCUT2D eigenvalue weighted by Crippen LogP contribution is -2.58. The number of carbonyl (C=O) groups excluding carboxylic acids is 1. The minimum absolute atomic E-state index is 0.108. The van der Waals surface area contributed by atoms with E-state index in [1.165, 1.54) is 0 Å². The quantitative estimate of drug-likeness (QED) is 0.769. The van der Waals surface area contributed by atoms with Gasteiger partial charge in [-0.3, -0.25) is 9.79 Å². The normalized spacial score (nSPS) is 30.6. The van der Waals surface area contributed by atoms with Crippen LogP contribution in [0.2, 0.25) is 0 Å². The van der Waals surface area contributed by atoms with Crippen molar-refractivity contribution in [2.45, 2.75) is 56.3 Å². The lowest BCUT2D eigenvalue weighted by Gasteiger charge is -2.47. The van der Waals surface area contributed by atoms with Gasteiger partial charge in [-0.15, -0.1) is 0 Å². The number of nitrogens with zero attached hydrogens (tertiary/aromatic N) is 3. The predicted molar refractivity (Wildman–Crippen MR) is 105 cm³/mol. The van der Waals surface area contributed by atoms with Crippen LogP contribution < -0.4 is 16.0 Å². The van der Waals surface area contributed by atoms with E-state index in [-0.39, 0.29) is 30.6 Å². The summed E-state index contributed by atoms with van der Waals surface area (Å²) in [4.78, 5) is 24.6. The van der Waals surface area contributed by atoms with Crippen LogP contribution in [0.1, 0.15) is 38.5 Å². The lowest BCUT2D eigenvalue weighted by atomic mass is 9.83. The predicted octanol–water partition coefficient (Wildman–Crippen LogP) is 1.35. The molecule has 1 aromatic rings. The molecule has 30 heavy (non-hydrogen) atoms. The van der Waals surface area contributed by atoms with Crippen molar-refractivity contribution in [1.82, 2.24) is 20.1 Å². The summed E-state index contributed by atoms with van der Waals surface area (Å²) in [5.41, 5.74) is 0.280. The first kappa shape index (κ1) is 19.9. The van der Waals surface area contributed by atoms with Crippen molar-refractivity contribution in [2.24, 2.45) is 16.8 Å². The number of aromatic amines is 1. The number of rotatable bonds is 4. The highest BCUT2D eigenvalue weighted by Crippen LogP contribution is 2.49. The Morgan fingerprint density at radius 1 is 1.27 bits per heavy atom. The van der Waals surface area contributed by atoms with Crippen LogP contribution in [0, 0.1) is 11.8 Å². The molecule has 2 saturated carbocycles. The molecular weight excluding hydrogens is 395 g/mol. The fraction of sp³-hybridized carbons (Fsp3) is 0.714. The van der Waals surface area contributed by atoms with Gasteiger partial charge < -0.3 is 20.1 Å². The highest BCUT2D eigenvalue weighted by molar-refractivity contribution is 5.89. The average Bonchev–Trinajstić information content (AvgIpc) is 3.38. The second kappa shape index (κ2) is 7.00. The van der Waals surface area contributed by atoms with E-state index in [0.29, 0.717) is 25.8 Å². The van der Waals surface area contributed by atoms with Gasteiger partial charge in [0, 0.05) is 30.2 Å². The summed E-state index contributed by atoms with van der Waals surface area (Å²) in [6.45, 7) is 1.45. The van der Waals surface area contributed by atoms with Crippen molar-refractivity contribution in [3.05, 3.63) is 23.0 Å². The number of hydrogen-bond donors (Lipinski definition) is 2. The van der Waals surface area contributed by atoms with Crippen LogP contribution in [-0.2, 0) is 4.79 Å². The van der Waals surface area contributed by atoms with Gasteiger partial charge in [-0.2, -0.15) is 13.2 Å². The number of fused-ring (bicyclic) bond motifs is 2. The van der Waals surface area contributed by atoms with Crippen LogP contribution in [0.5, 0.6) is 0 Å². The maximum Gasteiger partial charge on any atom is 0.406 e. The summed E-state index contributed by atoms with van der Waals surface area (Å²) < 4.78 is 39.5. The molecule has 6 nitrogen and oxygen atoms in total. The summed E-state index contributed by atoms with van der Waals surface area (Å²) in [5, 5.41) is 3.84. The largest absolute Gasteiger partial charge is 0.406 e. The molecule has 4 aliphatic rings. The molecule has 3 heterocycles. The second-order valence-electron chi connectivity index (χ2n) is 9.30. The van der Waals surface area contributed by atoms with Gasteiger partial charge >= 0.3 is 6.18 Å². The fourth-order valence-electron chi connectivity index (χ4n) is 5.34. The molecule has 0 spiro atoms. The highest BCUT2D eigenvalue weighted by atomic mass is 19.4. The van der Waals surface area contributed by atoms with Gasteiger partial charge in [0.25, 0.3) is 0 Å². The van der Waals surface area contributed by atoms with E-state index >= 15 is 0 Å². The Morgan fingerprint density at radius 3 is 2.67 bits per heavy atom. The summed E-state index contributed by atoms with van der Waals surface area (Å²) in [6.07, 6.45) is 1.78. The minimum atomic E-state index is -4.15. The third-order valence-electron chi connectivity index (χ3n) is 7.39. The Kier molecular flexibility index (Phi) is 4.65. The van der Waals surface area contributed by atoms with Gasteiger partial charge in [0.1, 0.15) is 11.0 Å². The van der Waals surface area contributed by atoms with Crippen molar-refractivity contribution in [1.29, 1.82) is 0 Å². The van der Waals surface area contributed by atoms with E-state index in [1.807, 2.05) is 19.3 Å². The van der Waals surface area contributed by atoms with Crippen molar-refractivity contribution < 1.29 is 18.0 Å². The van der Waals surface area contributed by atoms with Gasteiger partial charge in [0.15, 0.2) is 0 Å². The van der Waals surface area contributed by atoms with E-state index in [1.54, 1.807) is 4.90 Å². The first-order valence-corrected chi connectivity index (χ1v) is 10.8. The Bertz CT molecular complexity index is 943. The first-order valence-electron chi connectivity index (χ1n) is 10.8.